The van der Waals surface area contributed by atoms with Crippen molar-refractivity contribution in [1.82, 2.24) is 5.32 Å². The first-order valence-electron chi connectivity index (χ1n) is 6.16. The number of aryl methyl sites for hydroxylation is 2. The zero-order chi connectivity index (χ0) is 13.1. The van der Waals surface area contributed by atoms with E-state index in [2.05, 4.69) is 23.7 Å². The van der Waals surface area contributed by atoms with E-state index in [4.69, 9.17) is 0 Å². The molecule has 1 aromatic heterocycles. The molecule has 18 heavy (non-hydrogen) atoms. The fraction of sp³-hybridized carbons (Fsp3) is 0.333. The standard InChI is InChI=1S/C15H18FNS/c1-4-17-15(12-8-11(3)18-9-12)13-7-10(2)5-6-14(13)16/h5-9,15,17H,4H2,1-3H3. The second-order valence-electron chi connectivity index (χ2n) is 4.51. The van der Waals surface area contributed by atoms with Gasteiger partial charge in [0.1, 0.15) is 5.82 Å². The summed E-state index contributed by atoms with van der Waals surface area (Å²) in [4.78, 5) is 1.25. The van der Waals surface area contributed by atoms with Gasteiger partial charge in [-0.3, -0.25) is 0 Å². The third-order valence-corrected chi connectivity index (χ3v) is 3.83. The fourth-order valence-electron chi connectivity index (χ4n) is 2.11. The molecule has 1 N–H and O–H groups in total. The molecule has 96 valence electrons. The Morgan fingerprint density at radius 2 is 2.06 bits per heavy atom. The van der Waals surface area contributed by atoms with Crippen LogP contribution in [-0.4, -0.2) is 6.54 Å². The van der Waals surface area contributed by atoms with Crippen LogP contribution in [0.1, 0.15) is 34.5 Å². The van der Waals surface area contributed by atoms with Gasteiger partial charge >= 0.3 is 0 Å². The number of rotatable bonds is 4. The van der Waals surface area contributed by atoms with Gasteiger partial charge < -0.3 is 5.32 Å². The fourth-order valence-corrected chi connectivity index (χ4v) is 2.84. The molecule has 0 saturated carbocycles. The van der Waals surface area contributed by atoms with Crippen LogP contribution in [0.15, 0.2) is 29.6 Å². The summed E-state index contributed by atoms with van der Waals surface area (Å²) in [5.74, 6) is -0.143. The molecule has 0 spiro atoms. The van der Waals surface area contributed by atoms with Crippen LogP contribution in [0.2, 0.25) is 0 Å². The quantitative estimate of drug-likeness (QED) is 0.871. The van der Waals surface area contributed by atoms with E-state index in [1.807, 2.05) is 19.9 Å². The number of nitrogens with one attached hydrogen (secondary N) is 1. The van der Waals surface area contributed by atoms with E-state index in [0.717, 1.165) is 23.2 Å². The lowest BCUT2D eigenvalue weighted by molar-refractivity contribution is 0.559. The molecule has 2 rings (SSSR count). The van der Waals surface area contributed by atoms with Gasteiger partial charge in [0.05, 0.1) is 6.04 Å². The summed E-state index contributed by atoms with van der Waals surface area (Å²) in [5, 5.41) is 5.46. The maximum Gasteiger partial charge on any atom is 0.128 e. The van der Waals surface area contributed by atoms with Gasteiger partial charge in [-0.1, -0.05) is 24.6 Å². The first-order chi connectivity index (χ1) is 8.61. The lowest BCUT2D eigenvalue weighted by Crippen LogP contribution is -2.22. The molecule has 1 nitrogen and oxygen atoms in total. The lowest BCUT2D eigenvalue weighted by atomic mass is 9.98. The predicted molar refractivity (Wildman–Crippen MR) is 75.7 cm³/mol. The molecule has 0 fully saturated rings. The molecule has 0 bridgehead atoms. The van der Waals surface area contributed by atoms with E-state index in [9.17, 15) is 4.39 Å². The molecule has 1 unspecified atom stereocenters. The van der Waals surface area contributed by atoms with Crippen LogP contribution in [-0.2, 0) is 0 Å². The van der Waals surface area contributed by atoms with Gasteiger partial charge in [-0.2, -0.15) is 0 Å². The maximum absolute atomic E-state index is 14.0. The highest BCUT2D eigenvalue weighted by Gasteiger charge is 2.18. The van der Waals surface area contributed by atoms with Crippen molar-refractivity contribution in [3.63, 3.8) is 0 Å². The van der Waals surface area contributed by atoms with Gasteiger partial charge in [0, 0.05) is 10.4 Å². The third kappa shape index (κ3) is 2.79. The highest BCUT2D eigenvalue weighted by Crippen LogP contribution is 2.28. The summed E-state index contributed by atoms with van der Waals surface area (Å²) in [7, 11) is 0. The Morgan fingerprint density at radius 1 is 1.28 bits per heavy atom. The molecule has 1 atom stereocenters. The van der Waals surface area contributed by atoms with Crippen molar-refractivity contribution in [3.8, 4) is 0 Å². The van der Waals surface area contributed by atoms with Crippen LogP contribution in [0.4, 0.5) is 4.39 Å². The normalized spacial score (nSPS) is 12.7. The minimum absolute atomic E-state index is 0.0557. The topological polar surface area (TPSA) is 12.0 Å². The van der Waals surface area contributed by atoms with E-state index in [1.54, 1.807) is 23.5 Å². The third-order valence-electron chi connectivity index (χ3n) is 2.95. The summed E-state index contributed by atoms with van der Waals surface area (Å²) in [6.45, 7) is 6.92. The number of benzene rings is 1. The second kappa shape index (κ2) is 5.63. The number of hydrogen-bond donors (Lipinski definition) is 1. The lowest BCUT2D eigenvalue weighted by Gasteiger charge is -2.18. The maximum atomic E-state index is 14.0. The molecule has 0 aliphatic heterocycles. The Bertz CT molecular complexity index is 533. The van der Waals surface area contributed by atoms with Crippen LogP contribution in [0.25, 0.3) is 0 Å². The Balaban J connectivity index is 2.44. The van der Waals surface area contributed by atoms with Crippen molar-refractivity contribution < 1.29 is 4.39 Å². The summed E-state index contributed by atoms with van der Waals surface area (Å²) in [5.41, 5.74) is 2.96. The van der Waals surface area contributed by atoms with Crippen molar-refractivity contribution in [2.75, 3.05) is 6.54 Å². The van der Waals surface area contributed by atoms with Crippen molar-refractivity contribution >= 4 is 11.3 Å². The molecule has 1 heterocycles. The Morgan fingerprint density at radius 3 is 2.67 bits per heavy atom. The molecule has 2 aromatic rings. The monoisotopic (exact) mass is 263 g/mol. The molecule has 0 amide bonds. The van der Waals surface area contributed by atoms with Crippen LogP contribution in [0.3, 0.4) is 0 Å². The summed E-state index contributed by atoms with van der Waals surface area (Å²) in [6.07, 6.45) is 0. The van der Waals surface area contributed by atoms with E-state index >= 15 is 0 Å². The Kier molecular flexibility index (Phi) is 4.15. The summed E-state index contributed by atoms with van der Waals surface area (Å²) < 4.78 is 14.0. The summed E-state index contributed by atoms with van der Waals surface area (Å²) in [6, 6.07) is 7.35. The number of halogens is 1. The molecule has 0 radical (unpaired) electrons. The SMILES string of the molecule is CCNC(c1csc(C)c1)c1cc(C)ccc1F. The van der Waals surface area contributed by atoms with E-state index in [1.165, 1.54) is 4.88 Å². The zero-order valence-electron chi connectivity index (χ0n) is 11.0. The first kappa shape index (κ1) is 13.2. The van der Waals surface area contributed by atoms with Gasteiger partial charge in [-0.15, -0.1) is 11.3 Å². The Hall–Kier alpha value is -1.19. The minimum Gasteiger partial charge on any atom is -0.306 e. The molecule has 0 aliphatic carbocycles. The predicted octanol–water partition coefficient (Wildman–Crippen LogP) is 4.20. The number of hydrogen-bond acceptors (Lipinski definition) is 2. The van der Waals surface area contributed by atoms with Crippen molar-refractivity contribution in [2.24, 2.45) is 0 Å². The first-order valence-corrected chi connectivity index (χ1v) is 7.04. The number of thiophene rings is 1. The Labute approximate surface area is 112 Å². The average Bonchev–Trinajstić information content (AvgIpc) is 2.76. The highest BCUT2D eigenvalue weighted by molar-refractivity contribution is 7.10. The van der Waals surface area contributed by atoms with Crippen molar-refractivity contribution in [2.45, 2.75) is 26.8 Å². The minimum atomic E-state index is -0.143. The van der Waals surface area contributed by atoms with Crippen LogP contribution in [0.5, 0.6) is 0 Å². The van der Waals surface area contributed by atoms with Crippen LogP contribution < -0.4 is 5.32 Å². The van der Waals surface area contributed by atoms with Crippen LogP contribution >= 0.6 is 11.3 Å². The van der Waals surface area contributed by atoms with Crippen molar-refractivity contribution in [1.29, 1.82) is 0 Å². The average molecular weight is 263 g/mol. The van der Waals surface area contributed by atoms with E-state index in [0.29, 0.717) is 0 Å². The zero-order valence-corrected chi connectivity index (χ0v) is 11.8. The molecule has 3 heteroatoms. The molecule has 1 aromatic carbocycles. The van der Waals surface area contributed by atoms with Gasteiger partial charge in [-0.25, -0.2) is 4.39 Å². The molecule has 0 aliphatic rings. The van der Waals surface area contributed by atoms with E-state index < -0.39 is 0 Å². The van der Waals surface area contributed by atoms with Gasteiger partial charge in [-0.05, 0) is 43.5 Å². The van der Waals surface area contributed by atoms with Gasteiger partial charge in [0.15, 0.2) is 0 Å². The second-order valence-corrected chi connectivity index (χ2v) is 5.62. The van der Waals surface area contributed by atoms with Crippen LogP contribution in [0, 0.1) is 19.7 Å². The van der Waals surface area contributed by atoms with E-state index in [-0.39, 0.29) is 11.9 Å². The summed E-state index contributed by atoms with van der Waals surface area (Å²) >= 11 is 1.70. The molecular formula is C15H18FNS. The highest BCUT2D eigenvalue weighted by atomic mass is 32.1. The van der Waals surface area contributed by atoms with Gasteiger partial charge in [0.2, 0.25) is 0 Å². The van der Waals surface area contributed by atoms with Gasteiger partial charge in [0.25, 0.3) is 0 Å². The largest absolute Gasteiger partial charge is 0.306 e. The molecule has 0 saturated heterocycles. The smallest absolute Gasteiger partial charge is 0.128 e. The van der Waals surface area contributed by atoms with Crippen molar-refractivity contribution in [3.05, 3.63) is 57.0 Å². The molecular weight excluding hydrogens is 245 g/mol.